The van der Waals surface area contributed by atoms with E-state index in [4.69, 9.17) is 4.74 Å². The molecule has 0 fully saturated rings. The van der Waals surface area contributed by atoms with Gasteiger partial charge in [0.15, 0.2) is 0 Å². The summed E-state index contributed by atoms with van der Waals surface area (Å²) < 4.78 is 5.38. The third kappa shape index (κ3) is 2.34. The second kappa shape index (κ2) is 4.71. The Morgan fingerprint density at radius 3 is 1.88 bits per heavy atom. The Bertz CT molecular complexity index is 443. The largest absolute Gasteiger partial charge is 0.508 e. The lowest BCUT2D eigenvalue weighted by atomic mass is 10.1. The molecule has 2 aromatic rings. The second-order valence-corrected chi connectivity index (χ2v) is 3.50. The second-order valence-electron chi connectivity index (χ2n) is 3.50. The van der Waals surface area contributed by atoms with Crippen LogP contribution in [0.2, 0.25) is 0 Å². The normalized spacial score (nSPS) is 10.1. The van der Waals surface area contributed by atoms with Crippen LogP contribution in [0.4, 0.5) is 0 Å². The summed E-state index contributed by atoms with van der Waals surface area (Å²) in [7, 11) is 0. The lowest BCUT2D eigenvalue weighted by molar-refractivity contribution is 0.340. The molecule has 1 N–H and O–H groups in total. The van der Waals surface area contributed by atoms with Gasteiger partial charge in [0, 0.05) is 0 Å². The van der Waals surface area contributed by atoms with Gasteiger partial charge in [-0.1, -0.05) is 24.3 Å². The summed E-state index contributed by atoms with van der Waals surface area (Å²) >= 11 is 0. The summed E-state index contributed by atoms with van der Waals surface area (Å²) in [4.78, 5) is 0. The van der Waals surface area contributed by atoms with E-state index in [1.54, 1.807) is 12.1 Å². The first-order valence-corrected chi connectivity index (χ1v) is 5.32. The van der Waals surface area contributed by atoms with E-state index in [0.717, 1.165) is 16.9 Å². The van der Waals surface area contributed by atoms with Crippen LogP contribution in [0.25, 0.3) is 11.1 Å². The van der Waals surface area contributed by atoms with Crippen LogP contribution in [0.5, 0.6) is 11.5 Å². The first kappa shape index (κ1) is 10.6. The molecule has 0 aliphatic heterocycles. The minimum atomic E-state index is 0.287. The highest BCUT2D eigenvalue weighted by atomic mass is 16.5. The highest BCUT2D eigenvalue weighted by Gasteiger charge is 1.98. The highest BCUT2D eigenvalue weighted by molar-refractivity contribution is 5.64. The van der Waals surface area contributed by atoms with Crippen LogP contribution in [-0.2, 0) is 0 Å². The lowest BCUT2D eigenvalue weighted by Gasteiger charge is -2.05. The zero-order chi connectivity index (χ0) is 11.4. The van der Waals surface area contributed by atoms with Crippen molar-refractivity contribution in [1.82, 2.24) is 0 Å². The number of ether oxygens (including phenoxy) is 1. The molecule has 0 spiro atoms. The summed E-state index contributed by atoms with van der Waals surface area (Å²) in [5.41, 5.74) is 2.20. The van der Waals surface area contributed by atoms with Crippen LogP contribution in [0.15, 0.2) is 48.5 Å². The molecule has 0 bridgehead atoms. The van der Waals surface area contributed by atoms with E-state index in [9.17, 15) is 5.11 Å². The van der Waals surface area contributed by atoms with E-state index in [0.29, 0.717) is 6.61 Å². The molecule has 0 heterocycles. The highest BCUT2D eigenvalue weighted by Crippen LogP contribution is 2.23. The fourth-order valence-electron chi connectivity index (χ4n) is 1.56. The van der Waals surface area contributed by atoms with Crippen molar-refractivity contribution in [3.8, 4) is 22.6 Å². The predicted molar refractivity (Wildman–Crippen MR) is 64.7 cm³/mol. The molecule has 0 radical (unpaired) electrons. The van der Waals surface area contributed by atoms with E-state index >= 15 is 0 Å². The Kier molecular flexibility index (Phi) is 3.10. The third-order valence-electron chi connectivity index (χ3n) is 2.37. The van der Waals surface area contributed by atoms with Gasteiger partial charge in [0.1, 0.15) is 11.5 Å². The molecule has 2 aromatic carbocycles. The molecule has 0 atom stereocenters. The number of phenols is 1. The van der Waals surface area contributed by atoms with E-state index in [1.165, 1.54) is 0 Å². The van der Waals surface area contributed by atoms with Gasteiger partial charge in [-0.25, -0.2) is 0 Å². The number of benzene rings is 2. The van der Waals surface area contributed by atoms with Crippen LogP contribution in [0.3, 0.4) is 0 Å². The summed E-state index contributed by atoms with van der Waals surface area (Å²) in [5.74, 6) is 1.17. The maximum atomic E-state index is 9.20. The summed E-state index contributed by atoms with van der Waals surface area (Å²) in [5, 5.41) is 9.20. The Morgan fingerprint density at radius 1 is 0.875 bits per heavy atom. The first-order chi connectivity index (χ1) is 7.79. The molecule has 0 aromatic heterocycles. The predicted octanol–water partition coefficient (Wildman–Crippen LogP) is 3.46. The van der Waals surface area contributed by atoms with Crippen LogP contribution in [0, 0.1) is 0 Å². The maximum Gasteiger partial charge on any atom is 0.119 e. The van der Waals surface area contributed by atoms with Gasteiger partial charge >= 0.3 is 0 Å². The minimum absolute atomic E-state index is 0.287. The van der Waals surface area contributed by atoms with Gasteiger partial charge in [0.2, 0.25) is 0 Å². The van der Waals surface area contributed by atoms with Crippen molar-refractivity contribution in [2.75, 3.05) is 6.61 Å². The Morgan fingerprint density at radius 2 is 1.38 bits per heavy atom. The lowest BCUT2D eigenvalue weighted by Crippen LogP contribution is -1.90. The van der Waals surface area contributed by atoms with Gasteiger partial charge in [0.05, 0.1) is 6.61 Å². The summed E-state index contributed by atoms with van der Waals surface area (Å²) in [6.45, 7) is 2.65. The smallest absolute Gasteiger partial charge is 0.119 e. The molecule has 0 unspecified atom stereocenters. The quantitative estimate of drug-likeness (QED) is 0.847. The van der Waals surface area contributed by atoms with E-state index in [1.807, 2.05) is 43.3 Å². The van der Waals surface area contributed by atoms with Gasteiger partial charge in [-0.3, -0.25) is 0 Å². The molecular formula is C14H14O2. The van der Waals surface area contributed by atoms with Crippen LogP contribution in [-0.4, -0.2) is 11.7 Å². The Balaban J connectivity index is 2.24. The molecule has 0 saturated heterocycles. The number of rotatable bonds is 3. The zero-order valence-corrected chi connectivity index (χ0v) is 9.18. The fourth-order valence-corrected chi connectivity index (χ4v) is 1.56. The molecular weight excluding hydrogens is 200 g/mol. The first-order valence-electron chi connectivity index (χ1n) is 5.32. The van der Waals surface area contributed by atoms with Crippen LogP contribution in [0.1, 0.15) is 6.92 Å². The molecule has 16 heavy (non-hydrogen) atoms. The SMILES string of the molecule is CCOc1ccc(-c2ccc(O)cc2)cc1. The standard InChI is InChI=1S/C14H14O2/c1-2-16-14-9-5-12(6-10-14)11-3-7-13(15)8-4-11/h3-10,15H,2H2,1H3. The molecule has 0 aliphatic rings. The number of hydrogen-bond donors (Lipinski definition) is 1. The molecule has 2 rings (SSSR count). The van der Waals surface area contributed by atoms with Crippen molar-refractivity contribution in [3.05, 3.63) is 48.5 Å². The van der Waals surface area contributed by atoms with Crippen molar-refractivity contribution in [1.29, 1.82) is 0 Å². The number of aromatic hydroxyl groups is 1. The maximum absolute atomic E-state index is 9.20. The van der Waals surface area contributed by atoms with Gasteiger partial charge in [0.25, 0.3) is 0 Å². The summed E-state index contributed by atoms with van der Waals surface area (Å²) in [6.07, 6.45) is 0. The van der Waals surface area contributed by atoms with E-state index in [-0.39, 0.29) is 5.75 Å². The van der Waals surface area contributed by atoms with Gasteiger partial charge in [-0.2, -0.15) is 0 Å². The van der Waals surface area contributed by atoms with Crippen molar-refractivity contribution in [3.63, 3.8) is 0 Å². The van der Waals surface area contributed by atoms with Gasteiger partial charge in [-0.15, -0.1) is 0 Å². The monoisotopic (exact) mass is 214 g/mol. The third-order valence-corrected chi connectivity index (χ3v) is 2.37. The zero-order valence-electron chi connectivity index (χ0n) is 9.18. The average molecular weight is 214 g/mol. The van der Waals surface area contributed by atoms with E-state index in [2.05, 4.69) is 0 Å². The molecule has 2 nitrogen and oxygen atoms in total. The van der Waals surface area contributed by atoms with Crippen molar-refractivity contribution < 1.29 is 9.84 Å². The van der Waals surface area contributed by atoms with Crippen LogP contribution < -0.4 is 4.74 Å². The topological polar surface area (TPSA) is 29.5 Å². The number of hydrogen-bond acceptors (Lipinski definition) is 2. The number of phenolic OH excluding ortho intramolecular Hbond substituents is 1. The summed E-state index contributed by atoms with van der Waals surface area (Å²) in [6, 6.07) is 15.1. The average Bonchev–Trinajstić information content (AvgIpc) is 2.32. The molecule has 82 valence electrons. The van der Waals surface area contributed by atoms with Crippen molar-refractivity contribution >= 4 is 0 Å². The Labute approximate surface area is 95.1 Å². The fraction of sp³-hybridized carbons (Fsp3) is 0.143. The Hall–Kier alpha value is -1.96. The van der Waals surface area contributed by atoms with Gasteiger partial charge in [-0.05, 0) is 42.3 Å². The minimum Gasteiger partial charge on any atom is -0.508 e. The van der Waals surface area contributed by atoms with Gasteiger partial charge < -0.3 is 9.84 Å². The van der Waals surface area contributed by atoms with Crippen LogP contribution >= 0.6 is 0 Å². The molecule has 0 saturated carbocycles. The van der Waals surface area contributed by atoms with Crippen molar-refractivity contribution in [2.45, 2.75) is 6.92 Å². The molecule has 0 aliphatic carbocycles. The van der Waals surface area contributed by atoms with Crippen molar-refractivity contribution in [2.24, 2.45) is 0 Å². The molecule has 0 amide bonds. The van der Waals surface area contributed by atoms with E-state index < -0.39 is 0 Å². The molecule has 2 heteroatoms.